The maximum absolute atomic E-state index is 13.0. The molecule has 2 heterocycles. The molecule has 0 aromatic heterocycles. The van der Waals surface area contributed by atoms with E-state index in [4.69, 9.17) is 0 Å². The molecule has 0 saturated carbocycles. The van der Waals surface area contributed by atoms with Crippen LogP contribution >= 0.6 is 0 Å². The monoisotopic (exact) mass is 1090 g/mol. The molecule has 33 heteroatoms. The van der Waals surface area contributed by atoms with Gasteiger partial charge in [0.05, 0.1) is 64.8 Å². The fourth-order valence-corrected chi connectivity index (χ4v) is 7.87. The van der Waals surface area contributed by atoms with E-state index in [9.17, 15) is 92.8 Å². The number of carboxylic acid groups (broad SMARTS) is 4. The molecule has 426 valence electrons. The third-order valence-electron chi connectivity index (χ3n) is 11.9. The van der Waals surface area contributed by atoms with Crippen LogP contribution in [0, 0.1) is 5.92 Å². The minimum atomic E-state index is -1.74. The Bertz CT molecular complexity index is 2040. The summed E-state index contributed by atoms with van der Waals surface area (Å²) in [5.41, 5.74) is 0. The number of carboxylic acids is 4. The smallest absolute Gasteiger partial charge is 0.475 e. The number of amides is 9. The summed E-state index contributed by atoms with van der Waals surface area (Å²) < 4.78 is 0. The highest BCUT2D eigenvalue weighted by Crippen LogP contribution is 2.19. The van der Waals surface area contributed by atoms with Crippen molar-refractivity contribution in [3.8, 4) is 0 Å². The summed E-state index contributed by atoms with van der Waals surface area (Å²) in [7, 11) is -1.74. The molecule has 9 amide bonds. The maximum Gasteiger partial charge on any atom is 0.475 e. The van der Waals surface area contributed by atoms with Gasteiger partial charge in [-0.3, -0.25) is 81.9 Å². The molecule has 0 aromatic carbocycles. The lowest BCUT2D eigenvalue weighted by Gasteiger charge is -2.35. The van der Waals surface area contributed by atoms with Crippen LogP contribution < -0.4 is 42.5 Å². The van der Waals surface area contributed by atoms with Gasteiger partial charge in [0.1, 0.15) is 18.1 Å². The van der Waals surface area contributed by atoms with Crippen molar-refractivity contribution in [3.05, 3.63) is 0 Å². The molecule has 2 saturated heterocycles. The zero-order valence-corrected chi connectivity index (χ0v) is 42.7. The Balaban J connectivity index is 1.73. The predicted molar refractivity (Wildman–Crippen MR) is 262 cm³/mol. The van der Waals surface area contributed by atoms with Gasteiger partial charge in [0, 0.05) is 65.3 Å². The summed E-state index contributed by atoms with van der Waals surface area (Å²) in [6, 6.07) is -3.46. The average molecular weight is 1090 g/mol. The number of carbonyl (C=O) groups is 13. The second kappa shape index (κ2) is 33.8. The van der Waals surface area contributed by atoms with Gasteiger partial charge in [0.15, 0.2) is 0 Å². The van der Waals surface area contributed by atoms with E-state index in [1.807, 2.05) is 0 Å². The number of hydrogen-bond acceptors (Lipinski definition) is 19. The Hall–Kier alpha value is -7.07. The molecule has 4 atom stereocenters. The highest BCUT2D eigenvalue weighted by atomic mass is 16.4. The number of rotatable bonds is 29. The van der Waals surface area contributed by atoms with Gasteiger partial charge in [-0.2, -0.15) is 0 Å². The van der Waals surface area contributed by atoms with Crippen LogP contribution in [0.4, 0.5) is 0 Å². The lowest BCUT2D eigenvalue weighted by molar-refractivity contribution is -0.145. The lowest BCUT2D eigenvalue weighted by atomic mass is 9.78. The van der Waals surface area contributed by atoms with Gasteiger partial charge >= 0.3 is 31.0 Å². The average Bonchev–Trinajstić information content (AvgIpc) is 3.84. The van der Waals surface area contributed by atoms with E-state index in [0.29, 0.717) is 12.8 Å². The first-order valence-electron chi connectivity index (χ1n) is 24.4. The first kappa shape index (κ1) is 65.0. The molecule has 1 unspecified atom stereocenters. The molecule has 2 fully saturated rings. The summed E-state index contributed by atoms with van der Waals surface area (Å²) in [5.74, 6) is -12.9. The van der Waals surface area contributed by atoms with Gasteiger partial charge in [-0.15, -0.1) is 0 Å². The maximum atomic E-state index is 13.0. The molecule has 32 nitrogen and oxygen atoms in total. The molecule has 0 bridgehead atoms. The van der Waals surface area contributed by atoms with Crippen LogP contribution in [-0.2, 0) is 62.3 Å². The van der Waals surface area contributed by atoms with Gasteiger partial charge in [0.25, 0.3) is 0 Å². The quantitative estimate of drug-likeness (QED) is 0.0309. The van der Waals surface area contributed by atoms with Crippen LogP contribution in [0.1, 0.15) is 46.5 Å². The van der Waals surface area contributed by atoms with Crippen molar-refractivity contribution in [2.75, 3.05) is 118 Å². The van der Waals surface area contributed by atoms with E-state index in [2.05, 4.69) is 42.5 Å². The molecule has 0 aromatic rings. The summed E-state index contributed by atoms with van der Waals surface area (Å²) in [5, 5.41) is 76.0. The first-order valence-corrected chi connectivity index (χ1v) is 24.4. The molecule has 76 heavy (non-hydrogen) atoms. The Morgan fingerprint density at radius 3 is 1.22 bits per heavy atom. The largest absolute Gasteiger partial charge is 0.480 e. The third-order valence-corrected chi connectivity index (χ3v) is 11.9. The van der Waals surface area contributed by atoms with Gasteiger partial charge < -0.3 is 77.9 Å². The second-order valence-corrected chi connectivity index (χ2v) is 18.3. The molecule has 0 aliphatic carbocycles. The topological polar surface area (TPSA) is 456 Å². The standard InChI is InChI=1S/C43H72BN13O19/c1-26(2)40(41(71)51-27(3)42(72)57-8-4-5-29(57)44(75)76)52-36(64)22-50-35(63)21-49-34(62)20-48-33(61)19-47-32(60)18-46-31(59)17-45-30(58)7-6-28(43(73)74)56-15-13-54(24-38(67)68)11-9-53(23-37(65)66)10-12-55(14-16-56)25-39(69)70/h26-29,40,75-76H,4-25H2,1-3H3,(H,45,58)(H,46,59)(H,47,60)(H,48,61)(H,49,62)(H,50,63)(H,51,71)(H,52,64)(H,65,66)(H,67,68)(H,69,70)(H,73,74)/t27-,28?,29+,40+/m1/s1. The summed E-state index contributed by atoms with van der Waals surface area (Å²) in [6.07, 6.45) is 0.276. The fraction of sp³-hybridized carbons (Fsp3) is 0.698. The van der Waals surface area contributed by atoms with Gasteiger partial charge in [-0.25, -0.2) is 0 Å². The number of hydrogen-bond donors (Lipinski definition) is 14. The highest BCUT2D eigenvalue weighted by Gasteiger charge is 2.39. The van der Waals surface area contributed by atoms with Crippen LogP contribution in [0.25, 0.3) is 0 Å². The van der Waals surface area contributed by atoms with E-state index in [1.54, 1.807) is 18.7 Å². The van der Waals surface area contributed by atoms with Crippen LogP contribution in [0.2, 0.25) is 0 Å². The van der Waals surface area contributed by atoms with E-state index in [-0.39, 0.29) is 71.9 Å². The number of likely N-dealkylation sites (tertiary alicyclic amines) is 1. The Kier molecular flexibility index (Phi) is 28.9. The van der Waals surface area contributed by atoms with Crippen LogP contribution in [0.3, 0.4) is 0 Å². The van der Waals surface area contributed by atoms with Crippen LogP contribution in [0.5, 0.6) is 0 Å². The molecule has 2 aliphatic rings. The SMILES string of the molecule is CC(C)[C@H](NC(=O)CNC(=O)CNC(=O)CNC(=O)CNC(=O)CNC(=O)CNC(=O)CCC(C(=O)O)N1CCN(CC(=O)O)CCN(CC(=O)O)CCN(CC(=O)O)CC1)C(=O)N[C@H](C)C(=O)N1CCC[C@H]1B(O)O. The lowest BCUT2D eigenvalue weighted by Crippen LogP contribution is -2.57. The Morgan fingerprint density at radius 2 is 0.868 bits per heavy atom. The van der Waals surface area contributed by atoms with Crippen LogP contribution in [-0.4, -0.2) is 281 Å². The minimum Gasteiger partial charge on any atom is -0.480 e. The van der Waals surface area contributed by atoms with E-state index < -0.39 is 173 Å². The van der Waals surface area contributed by atoms with E-state index >= 15 is 0 Å². The zero-order valence-electron chi connectivity index (χ0n) is 42.7. The Morgan fingerprint density at radius 1 is 0.500 bits per heavy atom. The third kappa shape index (κ3) is 25.9. The minimum absolute atomic E-state index is 0.0132. The van der Waals surface area contributed by atoms with E-state index in [0.717, 1.165) is 0 Å². The normalized spacial score (nSPS) is 17.2. The van der Waals surface area contributed by atoms with E-state index in [1.165, 1.54) is 26.5 Å². The highest BCUT2D eigenvalue weighted by molar-refractivity contribution is 6.43. The summed E-state index contributed by atoms with van der Waals surface area (Å²) in [4.78, 5) is 167. The van der Waals surface area contributed by atoms with Crippen molar-refractivity contribution in [2.45, 2.75) is 70.5 Å². The first-order chi connectivity index (χ1) is 35.7. The molecule has 14 N–H and O–H groups in total. The van der Waals surface area contributed by atoms with Crippen molar-refractivity contribution in [3.63, 3.8) is 0 Å². The van der Waals surface area contributed by atoms with Crippen molar-refractivity contribution < 1.29 is 92.8 Å². The molecule has 2 rings (SSSR count). The van der Waals surface area contributed by atoms with Gasteiger partial charge in [0.2, 0.25) is 53.2 Å². The zero-order chi connectivity index (χ0) is 57.1. The molecule has 2 aliphatic heterocycles. The van der Waals surface area contributed by atoms with Crippen molar-refractivity contribution >= 4 is 84.2 Å². The van der Waals surface area contributed by atoms with Gasteiger partial charge in [-0.05, 0) is 32.1 Å². The fourth-order valence-electron chi connectivity index (χ4n) is 7.87. The molecule has 0 radical (unpaired) electrons. The second-order valence-electron chi connectivity index (χ2n) is 18.3. The Labute approximate surface area is 437 Å². The molecular weight excluding hydrogens is 1010 g/mol. The summed E-state index contributed by atoms with van der Waals surface area (Å²) in [6.45, 7) is 0.558. The number of nitrogens with zero attached hydrogens (tertiary/aromatic N) is 5. The number of carbonyl (C=O) groups excluding carboxylic acids is 9. The summed E-state index contributed by atoms with van der Waals surface area (Å²) >= 11 is 0. The van der Waals surface area contributed by atoms with Crippen molar-refractivity contribution in [1.29, 1.82) is 0 Å². The van der Waals surface area contributed by atoms with Crippen molar-refractivity contribution in [2.24, 2.45) is 5.92 Å². The molecular formula is C43H72BN13O19. The number of aliphatic carboxylic acids is 4. The van der Waals surface area contributed by atoms with Gasteiger partial charge in [-0.1, -0.05) is 13.8 Å². The van der Waals surface area contributed by atoms with Crippen molar-refractivity contribution in [1.82, 2.24) is 67.0 Å². The molecule has 0 spiro atoms. The number of nitrogens with one attached hydrogen (secondary N) is 8. The van der Waals surface area contributed by atoms with Crippen LogP contribution in [0.15, 0.2) is 0 Å². The predicted octanol–water partition coefficient (Wildman–Crippen LogP) is -8.96.